The third-order valence-electron chi connectivity index (χ3n) is 3.23. The van der Waals surface area contributed by atoms with Gasteiger partial charge >= 0.3 is 5.97 Å². The second-order valence-corrected chi connectivity index (χ2v) is 4.37. The first-order valence-electron chi connectivity index (χ1n) is 5.34. The summed E-state index contributed by atoms with van der Waals surface area (Å²) in [5.74, 6) is -0.958. The number of aryl methyl sites for hydroxylation is 2. The van der Waals surface area contributed by atoms with Crippen molar-refractivity contribution in [2.45, 2.75) is 32.4 Å². The fourth-order valence-corrected chi connectivity index (χ4v) is 2.18. The number of hydrogen-bond acceptors (Lipinski definition) is 3. The van der Waals surface area contributed by atoms with Gasteiger partial charge in [0.15, 0.2) is 0 Å². The summed E-state index contributed by atoms with van der Waals surface area (Å²) in [5, 5.41) is 12.1. The van der Waals surface area contributed by atoms with E-state index in [0.717, 1.165) is 11.3 Å². The Kier molecular flexibility index (Phi) is 2.59. The maximum absolute atomic E-state index is 10.8. The molecule has 4 nitrogen and oxygen atoms in total. The average molecular weight is 220 g/mol. The molecule has 0 fully saturated rings. The predicted octanol–water partition coefficient (Wildman–Crippen LogP) is 1.05. The largest absolute Gasteiger partial charge is 0.480 e. The normalized spacial score (nSPS) is 20.1. The van der Waals surface area contributed by atoms with Crippen molar-refractivity contribution in [2.24, 2.45) is 5.73 Å². The predicted molar refractivity (Wildman–Crippen MR) is 62.6 cm³/mol. The van der Waals surface area contributed by atoms with E-state index in [4.69, 9.17) is 10.8 Å². The lowest BCUT2D eigenvalue weighted by Gasteiger charge is -2.15. The quantitative estimate of drug-likeness (QED) is 0.696. The number of carboxylic acid groups (broad SMARTS) is 1. The second-order valence-electron chi connectivity index (χ2n) is 4.37. The molecule has 2 rings (SSSR count). The van der Waals surface area contributed by atoms with Crippen LogP contribution >= 0.6 is 0 Å². The summed E-state index contributed by atoms with van der Waals surface area (Å²) in [4.78, 5) is 10.8. The number of hydrogen-bond donors (Lipinski definition) is 3. The highest BCUT2D eigenvalue weighted by atomic mass is 16.4. The van der Waals surface area contributed by atoms with Gasteiger partial charge in [-0.15, -0.1) is 0 Å². The van der Waals surface area contributed by atoms with Gasteiger partial charge in [-0.25, -0.2) is 0 Å². The maximum atomic E-state index is 10.8. The number of nitrogens with one attached hydrogen (secondary N) is 1. The molecule has 0 aromatic heterocycles. The van der Waals surface area contributed by atoms with Gasteiger partial charge in [-0.2, -0.15) is 0 Å². The highest BCUT2D eigenvalue weighted by Gasteiger charge is 2.31. The highest BCUT2D eigenvalue weighted by Crippen LogP contribution is 2.32. The molecule has 0 saturated carbocycles. The number of carboxylic acids is 1. The van der Waals surface area contributed by atoms with Gasteiger partial charge < -0.3 is 16.2 Å². The highest BCUT2D eigenvalue weighted by molar-refractivity contribution is 5.77. The fourth-order valence-electron chi connectivity index (χ4n) is 2.18. The van der Waals surface area contributed by atoms with Gasteiger partial charge in [-0.1, -0.05) is 12.1 Å². The van der Waals surface area contributed by atoms with Gasteiger partial charge in [0, 0.05) is 5.69 Å². The molecule has 0 bridgehead atoms. The molecular formula is C12H16N2O2. The third-order valence-corrected chi connectivity index (χ3v) is 3.23. The molecule has 1 aliphatic rings. The van der Waals surface area contributed by atoms with Crippen LogP contribution < -0.4 is 11.1 Å². The van der Waals surface area contributed by atoms with E-state index in [1.165, 1.54) is 11.1 Å². The van der Waals surface area contributed by atoms with E-state index < -0.39 is 12.0 Å². The van der Waals surface area contributed by atoms with Crippen LogP contribution in [0.25, 0.3) is 0 Å². The Balaban J connectivity index is 2.30. The monoisotopic (exact) mass is 220 g/mol. The second kappa shape index (κ2) is 3.79. The van der Waals surface area contributed by atoms with Crippen LogP contribution in [-0.2, 0) is 11.2 Å². The van der Waals surface area contributed by atoms with Crippen molar-refractivity contribution in [3.05, 3.63) is 28.8 Å². The molecular weight excluding hydrogens is 204 g/mol. The van der Waals surface area contributed by atoms with Crippen molar-refractivity contribution in [3.63, 3.8) is 0 Å². The summed E-state index contributed by atoms with van der Waals surface area (Å²) < 4.78 is 0. The first-order valence-corrected chi connectivity index (χ1v) is 5.34. The number of rotatable bonds is 2. The number of anilines is 1. The Morgan fingerprint density at radius 1 is 1.50 bits per heavy atom. The Hall–Kier alpha value is -1.55. The van der Waals surface area contributed by atoms with E-state index in [1.54, 1.807) is 0 Å². The molecule has 2 atom stereocenters. The average Bonchev–Trinajstić information content (AvgIpc) is 2.68. The fraction of sp³-hybridized carbons (Fsp3) is 0.417. The molecule has 1 aliphatic heterocycles. The van der Waals surface area contributed by atoms with Crippen molar-refractivity contribution in [3.8, 4) is 0 Å². The molecule has 1 heterocycles. The van der Waals surface area contributed by atoms with Crippen molar-refractivity contribution in [1.29, 1.82) is 0 Å². The standard InChI is InChI=1S/C12H16N2O2/c1-6-3-4-7(2)11-8(6)5-9(14-11)10(13)12(15)16/h3-4,9-10,14H,5,13H2,1-2H3,(H,15,16). The van der Waals surface area contributed by atoms with E-state index >= 15 is 0 Å². The number of aliphatic carboxylic acids is 1. The SMILES string of the molecule is Cc1ccc(C)c2c1CC(C(N)C(=O)O)N2. The molecule has 1 aromatic rings. The number of benzene rings is 1. The lowest BCUT2D eigenvalue weighted by Crippen LogP contribution is -2.45. The van der Waals surface area contributed by atoms with Crippen LogP contribution in [0, 0.1) is 13.8 Å². The van der Waals surface area contributed by atoms with E-state index in [-0.39, 0.29) is 6.04 Å². The van der Waals surface area contributed by atoms with Crippen LogP contribution in [-0.4, -0.2) is 23.2 Å². The first kappa shape index (κ1) is 11.0. The van der Waals surface area contributed by atoms with Gasteiger partial charge in [0.25, 0.3) is 0 Å². The van der Waals surface area contributed by atoms with Crippen molar-refractivity contribution in [1.82, 2.24) is 0 Å². The summed E-state index contributed by atoms with van der Waals surface area (Å²) in [5.41, 5.74) is 10.2. The maximum Gasteiger partial charge on any atom is 0.322 e. The van der Waals surface area contributed by atoms with Crippen LogP contribution in [0.15, 0.2) is 12.1 Å². The molecule has 2 unspecified atom stereocenters. The minimum absolute atomic E-state index is 0.202. The molecule has 0 amide bonds. The van der Waals surface area contributed by atoms with Gasteiger partial charge in [0.2, 0.25) is 0 Å². The zero-order chi connectivity index (χ0) is 11.9. The van der Waals surface area contributed by atoms with Crippen LogP contribution in [0.5, 0.6) is 0 Å². The van der Waals surface area contributed by atoms with E-state index in [9.17, 15) is 4.79 Å². The zero-order valence-corrected chi connectivity index (χ0v) is 9.45. The topological polar surface area (TPSA) is 75.4 Å². The van der Waals surface area contributed by atoms with E-state index in [1.807, 2.05) is 19.9 Å². The van der Waals surface area contributed by atoms with E-state index in [0.29, 0.717) is 6.42 Å². The van der Waals surface area contributed by atoms with Gasteiger partial charge in [-0.05, 0) is 37.0 Å². The summed E-state index contributed by atoms with van der Waals surface area (Å²) in [6, 6.07) is 3.04. The molecule has 86 valence electrons. The van der Waals surface area contributed by atoms with Crippen molar-refractivity contribution < 1.29 is 9.90 Å². The smallest absolute Gasteiger partial charge is 0.322 e. The van der Waals surface area contributed by atoms with Crippen molar-refractivity contribution >= 4 is 11.7 Å². The molecule has 0 aliphatic carbocycles. The molecule has 4 heteroatoms. The van der Waals surface area contributed by atoms with Crippen LogP contribution in [0.2, 0.25) is 0 Å². The van der Waals surface area contributed by atoms with Gasteiger partial charge in [-0.3, -0.25) is 4.79 Å². The Labute approximate surface area is 94.5 Å². The molecule has 0 saturated heterocycles. The molecule has 4 N–H and O–H groups in total. The third kappa shape index (κ3) is 1.65. The molecule has 0 spiro atoms. The molecule has 16 heavy (non-hydrogen) atoms. The minimum atomic E-state index is -0.958. The Bertz CT molecular complexity index is 412. The lowest BCUT2D eigenvalue weighted by molar-refractivity contribution is -0.138. The van der Waals surface area contributed by atoms with Gasteiger partial charge in [0.05, 0.1) is 6.04 Å². The Morgan fingerprint density at radius 3 is 2.69 bits per heavy atom. The molecule has 1 aromatic carbocycles. The zero-order valence-electron chi connectivity index (χ0n) is 9.45. The number of carbonyl (C=O) groups is 1. The van der Waals surface area contributed by atoms with Crippen LogP contribution in [0.4, 0.5) is 5.69 Å². The van der Waals surface area contributed by atoms with Crippen LogP contribution in [0.3, 0.4) is 0 Å². The van der Waals surface area contributed by atoms with E-state index in [2.05, 4.69) is 11.4 Å². The Morgan fingerprint density at radius 2 is 2.12 bits per heavy atom. The molecule has 0 radical (unpaired) electrons. The van der Waals surface area contributed by atoms with Crippen LogP contribution in [0.1, 0.15) is 16.7 Å². The number of nitrogens with two attached hydrogens (primary N) is 1. The summed E-state index contributed by atoms with van der Waals surface area (Å²) >= 11 is 0. The lowest BCUT2D eigenvalue weighted by atomic mass is 9.99. The van der Waals surface area contributed by atoms with Crippen molar-refractivity contribution in [2.75, 3.05) is 5.32 Å². The number of fused-ring (bicyclic) bond motifs is 1. The summed E-state index contributed by atoms with van der Waals surface area (Å²) in [6.07, 6.45) is 0.691. The minimum Gasteiger partial charge on any atom is -0.480 e. The van der Waals surface area contributed by atoms with Gasteiger partial charge in [0.1, 0.15) is 6.04 Å². The summed E-state index contributed by atoms with van der Waals surface area (Å²) in [7, 11) is 0. The first-order chi connectivity index (χ1) is 7.50. The summed E-state index contributed by atoms with van der Waals surface area (Å²) in [6.45, 7) is 4.05.